The molecule has 2 aromatic heterocycles. The monoisotopic (exact) mass is 334 g/mol. The van der Waals surface area contributed by atoms with Crippen molar-refractivity contribution in [1.82, 2.24) is 19.7 Å². The van der Waals surface area contributed by atoms with Crippen LogP contribution >= 0.6 is 0 Å². The Bertz CT molecular complexity index is 1040. The molecular weight excluding hydrogens is 320 g/mol. The van der Waals surface area contributed by atoms with Gasteiger partial charge in [0.2, 0.25) is 5.65 Å². The summed E-state index contributed by atoms with van der Waals surface area (Å²) in [5, 5.41) is 13.6. The molecule has 7 nitrogen and oxygen atoms in total. The summed E-state index contributed by atoms with van der Waals surface area (Å²) in [7, 11) is 0. The summed E-state index contributed by atoms with van der Waals surface area (Å²) in [4.78, 5) is 18.5. The van der Waals surface area contributed by atoms with E-state index in [4.69, 9.17) is 4.74 Å². The van der Waals surface area contributed by atoms with Gasteiger partial charge >= 0.3 is 12.0 Å². The van der Waals surface area contributed by atoms with Gasteiger partial charge < -0.3 is 14.8 Å². The largest absolute Gasteiger partial charge is 0.478 e. The molecule has 0 atom stereocenters. The Labute approximate surface area is 142 Å². The van der Waals surface area contributed by atoms with Gasteiger partial charge in [-0.1, -0.05) is 24.3 Å². The highest BCUT2D eigenvalue weighted by Gasteiger charge is 2.12. The first-order valence-corrected chi connectivity index (χ1v) is 7.63. The molecular formula is C18H14N4O3. The minimum Gasteiger partial charge on any atom is -0.478 e. The number of ether oxygens (including phenoxy) is 1. The van der Waals surface area contributed by atoms with Gasteiger partial charge in [-0.3, -0.25) is 0 Å². The van der Waals surface area contributed by atoms with Crippen LogP contribution in [0.25, 0.3) is 16.9 Å². The van der Waals surface area contributed by atoms with Crippen molar-refractivity contribution in [2.45, 2.75) is 6.92 Å². The standard InChI is InChI=1S/C18H14N4O3/c1-11-7-8-13(9-14(11)17(23)24)25-18-19-15-10-22(21-16(15)20-18)12-5-3-2-4-6-12/h2-10H,1H3,(H,23,24)(H,19,20,21). The third kappa shape index (κ3) is 2.83. The van der Waals surface area contributed by atoms with Gasteiger partial charge in [0.05, 0.1) is 17.4 Å². The van der Waals surface area contributed by atoms with Crippen LogP contribution in [0.1, 0.15) is 15.9 Å². The van der Waals surface area contributed by atoms with Crippen LogP contribution in [-0.4, -0.2) is 30.8 Å². The molecule has 0 aliphatic carbocycles. The maximum Gasteiger partial charge on any atom is 0.336 e. The average Bonchev–Trinajstić information content (AvgIpc) is 3.15. The minimum atomic E-state index is -0.994. The summed E-state index contributed by atoms with van der Waals surface area (Å²) in [6, 6.07) is 14.8. The molecule has 4 aromatic rings. The van der Waals surface area contributed by atoms with E-state index in [1.165, 1.54) is 6.07 Å². The van der Waals surface area contributed by atoms with Crippen molar-refractivity contribution >= 4 is 17.1 Å². The third-order valence-electron chi connectivity index (χ3n) is 3.82. The van der Waals surface area contributed by atoms with Gasteiger partial charge in [0.15, 0.2) is 0 Å². The molecule has 7 heteroatoms. The number of hydrogen-bond donors (Lipinski definition) is 2. The van der Waals surface area contributed by atoms with Crippen molar-refractivity contribution in [2.24, 2.45) is 0 Å². The number of aromatic amines is 1. The number of H-pyrrole nitrogens is 1. The van der Waals surface area contributed by atoms with Gasteiger partial charge in [-0.25, -0.2) is 9.48 Å². The number of hydrogen-bond acceptors (Lipinski definition) is 4. The van der Waals surface area contributed by atoms with Crippen LogP contribution < -0.4 is 4.74 Å². The molecule has 2 aromatic carbocycles. The van der Waals surface area contributed by atoms with Crippen molar-refractivity contribution in [2.75, 3.05) is 0 Å². The SMILES string of the molecule is Cc1ccc(Oc2nc3nn(-c4ccccc4)cc3[nH]2)cc1C(=O)O. The number of carboxylic acid groups (broad SMARTS) is 1. The van der Waals surface area contributed by atoms with E-state index in [1.54, 1.807) is 23.7 Å². The Morgan fingerprint density at radius 1 is 1.20 bits per heavy atom. The van der Waals surface area contributed by atoms with E-state index < -0.39 is 5.97 Å². The van der Waals surface area contributed by atoms with Crippen molar-refractivity contribution < 1.29 is 14.6 Å². The van der Waals surface area contributed by atoms with E-state index >= 15 is 0 Å². The predicted octanol–water partition coefficient (Wildman–Crippen LogP) is 3.55. The van der Waals surface area contributed by atoms with Crippen molar-refractivity contribution in [1.29, 1.82) is 0 Å². The Kier molecular flexibility index (Phi) is 3.46. The molecule has 0 saturated carbocycles. The van der Waals surface area contributed by atoms with E-state index in [1.807, 2.05) is 36.5 Å². The lowest BCUT2D eigenvalue weighted by Gasteiger charge is -2.05. The first-order chi connectivity index (χ1) is 12.1. The smallest absolute Gasteiger partial charge is 0.336 e. The molecule has 0 amide bonds. The zero-order valence-electron chi connectivity index (χ0n) is 13.3. The van der Waals surface area contributed by atoms with Crippen molar-refractivity contribution in [3.05, 3.63) is 65.9 Å². The van der Waals surface area contributed by atoms with Crippen LogP contribution in [0.5, 0.6) is 11.8 Å². The molecule has 0 unspecified atom stereocenters. The number of aromatic carboxylic acids is 1. The van der Waals surface area contributed by atoms with Gasteiger partial charge in [-0.15, -0.1) is 5.10 Å². The molecule has 4 rings (SSSR count). The Morgan fingerprint density at radius 2 is 2.00 bits per heavy atom. The fourth-order valence-corrected chi connectivity index (χ4v) is 2.54. The number of para-hydroxylation sites is 1. The van der Waals surface area contributed by atoms with Crippen LogP contribution in [0.2, 0.25) is 0 Å². The average molecular weight is 334 g/mol. The summed E-state index contributed by atoms with van der Waals surface area (Å²) in [5.74, 6) is -0.595. The number of benzene rings is 2. The molecule has 2 N–H and O–H groups in total. The highest BCUT2D eigenvalue weighted by Crippen LogP contribution is 2.24. The number of rotatable bonds is 4. The van der Waals surface area contributed by atoms with Gasteiger partial charge in [-0.2, -0.15) is 4.98 Å². The second-order valence-electron chi connectivity index (χ2n) is 5.57. The van der Waals surface area contributed by atoms with Crippen molar-refractivity contribution in [3.8, 4) is 17.4 Å². The van der Waals surface area contributed by atoms with Crippen molar-refractivity contribution in [3.63, 3.8) is 0 Å². The molecule has 0 saturated heterocycles. The van der Waals surface area contributed by atoms with Crippen LogP contribution in [0.15, 0.2) is 54.7 Å². The molecule has 124 valence electrons. The summed E-state index contributed by atoms with van der Waals surface area (Å²) >= 11 is 0. The molecule has 0 bridgehead atoms. The Hall–Kier alpha value is -3.61. The highest BCUT2D eigenvalue weighted by atomic mass is 16.5. The van der Waals surface area contributed by atoms with Gasteiger partial charge in [0, 0.05) is 0 Å². The van der Waals surface area contributed by atoms with Gasteiger partial charge in [0.25, 0.3) is 0 Å². The Morgan fingerprint density at radius 3 is 2.72 bits per heavy atom. The quantitative estimate of drug-likeness (QED) is 0.595. The van der Waals surface area contributed by atoms with Gasteiger partial charge in [0.1, 0.15) is 11.3 Å². The summed E-state index contributed by atoms with van der Waals surface area (Å²) in [6.07, 6.45) is 1.82. The summed E-state index contributed by atoms with van der Waals surface area (Å²) in [5.41, 5.74) is 3.04. The maximum absolute atomic E-state index is 11.2. The van der Waals surface area contributed by atoms with E-state index in [2.05, 4.69) is 15.1 Å². The molecule has 0 radical (unpaired) electrons. The molecule has 25 heavy (non-hydrogen) atoms. The second kappa shape index (κ2) is 5.79. The fourth-order valence-electron chi connectivity index (χ4n) is 2.54. The fraction of sp³-hybridized carbons (Fsp3) is 0.0556. The number of aromatic nitrogens is 4. The topological polar surface area (TPSA) is 93.0 Å². The number of carboxylic acids is 1. The highest BCUT2D eigenvalue weighted by molar-refractivity contribution is 5.89. The van der Waals surface area contributed by atoms with E-state index in [9.17, 15) is 9.90 Å². The first kappa shape index (κ1) is 14.9. The molecule has 0 aliphatic rings. The maximum atomic E-state index is 11.2. The van der Waals surface area contributed by atoms with E-state index in [0.717, 1.165) is 11.2 Å². The third-order valence-corrected chi connectivity index (χ3v) is 3.82. The normalized spacial score (nSPS) is 10.9. The lowest BCUT2D eigenvalue weighted by molar-refractivity contribution is 0.0695. The number of carbonyl (C=O) groups is 1. The van der Waals surface area contributed by atoms with Gasteiger partial charge in [-0.05, 0) is 36.8 Å². The van der Waals surface area contributed by atoms with E-state index in [-0.39, 0.29) is 11.6 Å². The number of nitrogens with zero attached hydrogens (tertiary/aromatic N) is 3. The molecule has 0 fully saturated rings. The Balaban J connectivity index is 1.62. The second-order valence-corrected chi connectivity index (χ2v) is 5.57. The molecule has 2 heterocycles. The predicted molar refractivity (Wildman–Crippen MR) is 91.4 cm³/mol. The molecule has 0 spiro atoms. The van der Waals surface area contributed by atoms with Crippen LogP contribution in [0, 0.1) is 6.92 Å². The lowest BCUT2D eigenvalue weighted by Crippen LogP contribution is -2.00. The lowest BCUT2D eigenvalue weighted by atomic mass is 10.1. The zero-order chi connectivity index (χ0) is 17.4. The van der Waals surface area contributed by atoms with Crippen LogP contribution in [0.4, 0.5) is 0 Å². The number of aryl methyl sites for hydroxylation is 1. The number of fused-ring (bicyclic) bond motifs is 1. The summed E-state index contributed by atoms with van der Waals surface area (Å²) in [6.45, 7) is 1.74. The van der Waals surface area contributed by atoms with Crippen LogP contribution in [0.3, 0.4) is 0 Å². The first-order valence-electron chi connectivity index (χ1n) is 7.63. The summed E-state index contributed by atoms with van der Waals surface area (Å²) < 4.78 is 7.36. The minimum absolute atomic E-state index is 0.197. The van der Waals surface area contributed by atoms with Crippen LogP contribution in [-0.2, 0) is 0 Å². The van der Waals surface area contributed by atoms with E-state index in [0.29, 0.717) is 17.0 Å². The number of imidazole rings is 1. The number of nitrogens with one attached hydrogen (secondary N) is 1. The molecule has 0 aliphatic heterocycles. The zero-order valence-corrected chi connectivity index (χ0v) is 13.3.